The molecule has 0 aliphatic carbocycles. The van der Waals surface area contributed by atoms with Gasteiger partial charge in [-0.25, -0.2) is 4.79 Å². The number of esters is 1. The molecule has 0 aromatic heterocycles. The van der Waals surface area contributed by atoms with E-state index in [4.69, 9.17) is 11.6 Å². The zero-order valence-corrected chi connectivity index (χ0v) is 11.3. The maximum atomic E-state index is 11.0. The largest absolute Gasteiger partial charge is 0.465 e. The first-order chi connectivity index (χ1) is 7.47. The number of methoxy groups -OCH3 is 1. The highest BCUT2D eigenvalue weighted by atomic mass is 35.5. The van der Waals surface area contributed by atoms with E-state index in [9.17, 15) is 4.79 Å². The summed E-state index contributed by atoms with van der Waals surface area (Å²) < 4.78 is 4.51. The van der Waals surface area contributed by atoms with Gasteiger partial charge in [0.05, 0.1) is 7.11 Å². The predicted molar refractivity (Wildman–Crippen MR) is 68.4 cm³/mol. The van der Waals surface area contributed by atoms with Crippen molar-refractivity contribution in [3.05, 3.63) is 22.8 Å². The summed E-state index contributed by atoms with van der Waals surface area (Å²) >= 11 is 5.73. The number of hydrogen-bond donors (Lipinski definition) is 0. The molecule has 0 spiro atoms. The molecule has 3 heteroatoms. The first kappa shape index (κ1) is 15.2. The van der Waals surface area contributed by atoms with Gasteiger partial charge in [0.15, 0.2) is 0 Å². The molecule has 0 fully saturated rings. The molecular weight excluding hydrogens is 224 g/mol. The second-order valence-corrected chi connectivity index (χ2v) is 4.65. The van der Waals surface area contributed by atoms with E-state index in [1.165, 1.54) is 12.7 Å². The Morgan fingerprint density at radius 2 is 2.00 bits per heavy atom. The van der Waals surface area contributed by atoms with E-state index >= 15 is 0 Å². The minimum atomic E-state index is -0.460. The normalized spacial score (nSPS) is 13.2. The van der Waals surface area contributed by atoms with Crippen LogP contribution in [0.4, 0.5) is 0 Å². The molecule has 0 rings (SSSR count). The number of halogens is 1. The zero-order chi connectivity index (χ0) is 12.6. The molecule has 0 bridgehead atoms. The molecule has 0 heterocycles. The lowest BCUT2D eigenvalue weighted by molar-refractivity contribution is -0.135. The van der Waals surface area contributed by atoms with Crippen LogP contribution in [0, 0.1) is 5.92 Å². The second-order valence-electron chi connectivity index (χ2n) is 4.24. The van der Waals surface area contributed by atoms with Gasteiger partial charge in [-0.05, 0) is 39.0 Å². The number of hydrogen-bond acceptors (Lipinski definition) is 2. The van der Waals surface area contributed by atoms with E-state index in [0.717, 1.165) is 19.3 Å². The summed E-state index contributed by atoms with van der Waals surface area (Å²) in [5.74, 6) is 0.0622. The molecule has 0 aromatic rings. The predicted octanol–water partition coefficient (Wildman–Crippen LogP) is 4.05. The molecular formula is C13H21ClO2. The minimum absolute atomic E-state index is 0.177. The first-order valence-electron chi connectivity index (χ1n) is 5.54. The van der Waals surface area contributed by atoms with Crippen LogP contribution in [-0.4, -0.2) is 13.1 Å². The van der Waals surface area contributed by atoms with Gasteiger partial charge in [0.25, 0.3) is 0 Å². The Morgan fingerprint density at radius 3 is 2.50 bits per heavy atom. The van der Waals surface area contributed by atoms with Crippen molar-refractivity contribution < 1.29 is 9.53 Å². The van der Waals surface area contributed by atoms with Crippen molar-refractivity contribution in [1.82, 2.24) is 0 Å². The van der Waals surface area contributed by atoms with Crippen LogP contribution in [0.5, 0.6) is 0 Å². The molecule has 0 amide bonds. The van der Waals surface area contributed by atoms with Crippen LogP contribution in [0.2, 0.25) is 0 Å². The first-order valence-corrected chi connectivity index (χ1v) is 5.92. The SMILES string of the molecule is COC(=O)/C(Cl)=C/CC(C)CCC=C(C)C. The quantitative estimate of drug-likeness (QED) is 0.400. The van der Waals surface area contributed by atoms with Gasteiger partial charge in [-0.1, -0.05) is 36.2 Å². The Balaban J connectivity index is 3.92. The highest BCUT2D eigenvalue weighted by molar-refractivity contribution is 6.41. The van der Waals surface area contributed by atoms with Crippen LogP contribution in [0.1, 0.15) is 40.0 Å². The molecule has 0 radical (unpaired) electrons. The second kappa shape index (κ2) is 8.40. The van der Waals surface area contributed by atoms with Crippen molar-refractivity contribution in [2.45, 2.75) is 40.0 Å². The van der Waals surface area contributed by atoms with Crippen LogP contribution < -0.4 is 0 Å². The highest BCUT2D eigenvalue weighted by Gasteiger charge is 2.06. The third-order valence-corrected chi connectivity index (χ3v) is 2.60. The average molecular weight is 245 g/mol. The number of carbonyl (C=O) groups is 1. The molecule has 92 valence electrons. The van der Waals surface area contributed by atoms with Gasteiger partial charge in [0.1, 0.15) is 5.03 Å². The van der Waals surface area contributed by atoms with E-state index in [0.29, 0.717) is 5.92 Å². The van der Waals surface area contributed by atoms with E-state index in [-0.39, 0.29) is 5.03 Å². The Labute approximate surface area is 103 Å². The number of carbonyl (C=O) groups excluding carboxylic acids is 1. The monoisotopic (exact) mass is 244 g/mol. The fourth-order valence-corrected chi connectivity index (χ4v) is 1.43. The van der Waals surface area contributed by atoms with E-state index in [1.54, 1.807) is 6.08 Å². The van der Waals surface area contributed by atoms with Crippen molar-refractivity contribution in [3.8, 4) is 0 Å². The molecule has 1 atom stereocenters. The lowest BCUT2D eigenvalue weighted by Crippen LogP contribution is -2.00. The van der Waals surface area contributed by atoms with Gasteiger partial charge >= 0.3 is 5.97 Å². The van der Waals surface area contributed by atoms with Crippen molar-refractivity contribution >= 4 is 17.6 Å². The lowest BCUT2D eigenvalue weighted by Gasteiger charge is -2.06. The summed E-state index contributed by atoms with van der Waals surface area (Å²) in [5.41, 5.74) is 1.34. The van der Waals surface area contributed by atoms with Crippen molar-refractivity contribution in [2.24, 2.45) is 5.92 Å². The molecule has 0 saturated heterocycles. The van der Waals surface area contributed by atoms with Gasteiger partial charge in [-0.15, -0.1) is 0 Å². The average Bonchev–Trinajstić information content (AvgIpc) is 2.24. The van der Waals surface area contributed by atoms with Crippen molar-refractivity contribution in [3.63, 3.8) is 0 Å². The third kappa shape index (κ3) is 7.52. The van der Waals surface area contributed by atoms with Gasteiger partial charge in [-0.2, -0.15) is 0 Å². The highest BCUT2D eigenvalue weighted by Crippen LogP contribution is 2.15. The fraction of sp³-hybridized carbons (Fsp3) is 0.615. The van der Waals surface area contributed by atoms with Gasteiger partial charge in [0, 0.05) is 0 Å². The number of allylic oxidation sites excluding steroid dienone is 3. The summed E-state index contributed by atoms with van der Waals surface area (Å²) in [7, 11) is 1.33. The molecule has 1 unspecified atom stereocenters. The molecule has 0 aliphatic rings. The standard InChI is InChI=1S/C13H21ClO2/c1-10(2)6-5-7-11(3)8-9-12(14)13(15)16-4/h6,9,11H,5,7-8H2,1-4H3/b12-9-. The Bertz CT molecular complexity index is 276. The summed E-state index contributed by atoms with van der Waals surface area (Å²) in [6.45, 7) is 6.34. The van der Waals surface area contributed by atoms with Crippen LogP contribution >= 0.6 is 11.6 Å². The number of rotatable bonds is 6. The summed E-state index contributed by atoms with van der Waals surface area (Å²) in [4.78, 5) is 11.0. The van der Waals surface area contributed by atoms with Crippen LogP contribution in [-0.2, 0) is 9.53 Å². The third-order valence-electron chi connectivity index (χ3n) is 2.29. The zero-order valence-electron chi connectivity index (χ0n) is 10.5. The van der Waals surface area contributed by atoms with Crippen LogP contribution in [0.15, 0.2) is 22.8 Å². The molecule has 0 saturated carbocycles. The molecule has 2 nitrogen and oxygen atoms in total. The van der Waals surface area contributed by atoms with Crippen molar-refractivity contribution in [1.29, 1.82) is 0 Å². The molecule has 16 heavy (non-hydrogen) atoms. The topological polar surface area (TPSA) is 26.3 Å². The molecule has 0 aromatic carbocycles. The van der Waals surface area contributed by atoms with Crippen LogP contribution in [0.25, 0.3) is 0 Å². The Kier molecular flexibility index (Phi) is 8.00. The maximum absolute atomic E-state index is 11.0. The van der Waals surface area contributed by atoms with Gasteiger partial charge < -0.3 is 4.74 Å². The van der Waals surface area contributed by atoms with Crippen molar-refractivity contribution in [2.75, 3.05) is 7.11 Å². The van der Waals surface area contributed by atoms with E-state index in [2.05, 4.69) is 31.6 Å². The molecule has 0 aliphatic heterocycles. The van der Waals surface area contributed by atoms with E-state index in [1.807, 2.05) is 0 Å². The molecule has 0 N–H and O–H groups in total. The fourth-order valence-electron chi connectivity index (χ4n) is 1.26. The maximum Gasteiger partial charge on any atom is 0.349 e. The summed E-state index contributed by atoms with van der Waals surface area (Å²) in [6, 6.07) is 0. The Morgan fingerprint density at radius 1 is 1.38 bits per heavy atom. The number of ether oxygens (including phenoxy) is 1. The Hall–Kier alpha value is -0.760. The van der Waals surface area contributed by atoms with Crippen LogP contribution in [0.3, 0.4) is 0 Å². The summed E-state index contributed by atoms with van der Waals surface area (Å²) in [5, 5.41) is 0.177. The van der Waals surface area contributed by atoms with Gasteiger partial charge in [0.2, 0.25) is 0 Å². The summed E-state index contributed by atoms with van der Waals surface area (Å²) in [6.07, 6.45) is 6.95. The lowest BCUT2D eigenvalue weighted by atomic mass is 10.0. The smallest absolute Gasteiger partial charge is 0.349 e. The van der Waals surface area contributed by atoms with Gasteiger partial charge in [-0.3, -0.25) is 0 Å². The minimum Gasteiger partial charge on any atom is -0.465 e. The van der Waals surface area contributed by atoms with E-state index < -0.39 is 5.97 Å².